The molecule has 0 atom stereocenters. The van der Waals surface area contributed by atoms with E-state index in [2.05, 4.69) is 0 Å². The number of hydrogen-bond acceptors (Lipinski definition) is 4. The molecular weight excluding hydrogens is 324 g/mol. The summed E-state index contributed by atoms with van der Waals surface area (Å²) in [4.78, 5) is 0.297. The third-order valence-corrected chi connectivity index (χ3v) is 7.19. The van der Waals surface area contributed by atoms with Crippen LogP contribution >= 0.6 is 0 Å². The van der Waals surface area contributed by atoms with Crippen molar-refractivity contribution in [1.29, 1.82) is 0 Å². The van der Waals surface area contributed by atoms with Crippen LogP contribution in [0.1, 0.15) is 17.5 Å². The molecule has 1 aromatic rings. The summed E-state index contributed by atoms with van der Waals surface area (Å²) in [5, 5.41) is 0. The van der Waals surface area contributed by atoms with Crippen molar-refractivity contribution in [3.05, 3.63) is 29.3 Å². The normalized spacial score (nSPS) is 19.0. The van der Waals surface area contributed by atoms with Crippen LogP contribution in [0.3, 0.4) is 0 Å². The molecule has 0 aromatic heterocycles. The van der Waals surface area contributed by atoms with E-state index in [0.717, 1.165) is 11.8 Å². The van der Waals surface area contributed by atoms with E-state index in [-0.39, 0.29) is 13.1 Å². The van der Waals surface area contributed by atoms with E-state index in [4.69, 9.17) is 0 Å². The van der Waals surface area contributed by atoms with E-state index >= 15 is 0 Å². The van der Waals surface area contributed by atoms with E-state index in [9.17, 15) is 16.8 Å². The zero-order valence-electron chi connectivity index (χ0n) is 13.1. The number of benzene rings is 1. The number of nitrogens with zero attached hydrogens (tertiary/aromatic N) is 2. The van der Waals surface area contributed by atoms with Gasteiger partial charge >= 0.3 is 0 Å². The Morgan fingerprint density at radius 3 is 2.09 bits per heavy atom. The Kier molecular flexibility index (Phi) is 4.96. The minimum absolute atomic E-state index is 0.183. The Morgan fingerprint density at radius 2 is 1.50 bits per heavy atom. The van der Waals surface area contributed by atoms with Gasteiger partial charge < -0.3 is 0 Å². The SMILES string of the molecule is Cc1ccc(S(=O)(=O)N2CCCN(S(C)(=O)=O)CC2)c(C)c1. The summed E-state index contributed by atoms with van der Waals surface area (Å²) < 4.78 is 51.5. The zero-order valence-corrected chi connectivity index (χ0v) is 14.7. The van der Waals surface area contributed by atoms with Gasteiger partial charge in [-0.3, -0.25) is 0 Å². The molecule has 0 aliphatic carbocycles. The average Bonchev–Trinajstić information content (AvgIpc) is 2.63. The summed E-state index contributed by atoms with van der Waals surface area (Å²) in [5.41, 5.74) is 1.72. The van der Waals surface area contributed by atoms with Gasteiger partial charge in [-0.1, -0.05) is 17.7 Å². The van der Waals surface area contributed by atoms with Crippen molar-refractivity contribution < 1.29 is 16.8 Å². The third-order valence-electron chi connectivity index (χ3n) is 3.83. The summed E-state index contributed by atoms with van der Waals surface area (Å²) >= 11 is 0. The van der Waals surface area contributed by atoms with Gasteiger partial charge in [-0.2, -0.15) is 4.31 Å². The Morgan fingerprint density at radius 1 is 0.909 bits per heavy atom. The summed E-state index contributed by atoms with van der Waals surface area (Å²) in [6.45, 7) is 4.77. The van der Waals surface area contributed by atoms with Crippen LogP contribution in [0.25, 0.3) is 0 Å². The second kappa shape index (κ2) is 6.27. The van der Waals surface area contributed by atoms with E-state index in [0.29, 0.717) is 30.0 Å². The van der Waals surface area contributed by atoms with Crippen LogP contribution in [-0.2, 0) is 20.0 Å². The average molecular weight is 346 g/mol. The first-order valence-corrected chi connectivity index (χ1v) is 10.4. The third kappa shape index (κ3) is 3.68. The summed E-state index contributed by atoms with van der Waals surface area (Å²) in [7, 11) is -6.87. The molecule has 0 radical (unpaired) electrons. The van der Waals surface area contributed by atoms with Gasteiger partial charge in [0, 0.05) is 26.2 Å². The van der Waals surface area contributed by atoms with Crippen LogP contribution in [-0.4, -0.2) is 57.9 Å². The highest BCUT2D eigenvalue weighted by molar-refractivity contribution is 7.89. The zero-order chi connectivity index (χ0) is 16.5. The number of hydrogen-bond donors (Lipinski definition) is 0. The molecule has 0 amide bonds. The Labute approximate surface area is 132 Å². The van der Waals surface area contributed by atoms with Gasteiger partial charge in [0.1, 0.15) is 0 Å². The van der Waals surface area contributed by atoms with E-state index in [1.165, 1.54) is 8.61 Å². The quantitative estimate of drug-likeness (QED) is 0.817. The van der Waals surface area contributed by atoms with Gasteiger partial charge in [0.25, 0.3) is 0 Å². The first-order chi connectivity index (χ1) is 10.1. The maximum atomic E-state index is 12.8. The van der Waals surface area contributed by atoms with Crippen molar-refractivity contribution in [1.82, 2.24) is 8.61 Å². The predicted octanol–water partition coefficient (Wildman–Crippen LogP) is 0.959. The van der Waals surface area contributed by atoms with Crippen molar-refractivity contribution in [2.45, 2.75) is 25.2 Å². The molecule has 1 aliphatic rings. The van der Waals surface area contributed by atoms with Gasteiger partial charge in [0.2, 0.25) is 20.0 Å². The molecule has 0 bridgehead atoms. The minimum Gasteiger partial charge on any atom is -0.213 e. The molecular formula is C14H22N2O4S2. The first kappa shape index (κ1) is 17.4. The molecule has 1 aliphatic heterocycles. The molecule has 0 saturated carbocycles. The van der Waals surface area contributed by atoms with E-state index in [1.807, 2.05) is 13.0 Å². The molecule has 1 saturated heterocycles. The second-order valence-corrected chi connectivity index (χ2v) is 9.58. The van der Waals surface area contributed by atoms with Crippen molar-refractivity contribution in [2.24, 2.45) is 0 Å². The summed E-state index contributed by atoms with van der Waals surface area (Å²) in [6, 6.07) is 5.24. The Balaban J connectivity index is 2.27. The van der Waals surface area contributed by atoms with Crippen molar-refractivity contribution in [2.75, 3.05) is 32.4 Å². The smallest absolute Gasteiger partial charge is 0.213 e. The Bertz CT molecular complexity index is 757. The Hall–Kier alpha value is -0.960. The van der Waals surface area contributed by atoms with Crippen molar-refractivity contribution in [3.8, 4) is 0 Å². The van der Waals surface area contributed by atoms with Gasteiger partial charge in [0.15, 0.2) is 0 Å². The standard InChI is InChI=1S/C14H22N2O4S2/c1-12-5-6-14(13(2)11-12)22(19,20)16-8-4-7-15(9-10-16)21(3,17)18/h5-6,11H,4,7-10H2,1-3H3. The van der Waals surface area contributed by atoms with Crippen molar-refractivity contribution in [3.63, 3.8) is 0 Å². The molecule has 0 N–H and O–H groups in total. The van der Waals surface area contributed by atoms with E-state index in [1.54, 1.807) is 19.1 Å². The molecule has 1 heterocycles. The van der Waals surface area contributed by atoms with E-state index < -0.39 is 20.0 Å². The lowest BCUT2D eigenvalue weighted by atomic mass is 10.2. The summed E-state index contributed by atoms with van der Waals surface area (Å²) in [5.74, 6) is 0. The van der Waals surface area contributed by atoms with Crippen LogP contribution < -0.4 is 0 Å². The van der Waals surface area contributed by atoms with Crippen LogP contribution in [0.5, 0.6) is 0 Å². The fourth-order valence-corrected chi connectivity index (χ4v) is 5.22. The highest BCUT2D eigenvalue weighted by atomic mass is 32.2. The number of rotatable bonds is 3. The fourth-order valence-electron chi connectivity index (χ4n) is 2.67. The lowest BCUT2D eigenvalue weighted by molar-refractivity contribution is 0.406. The predicted molar refractivity (Wildman–Crippen MR) is 85.7 cm³/mol. The molecule has 0 spiro atoms. The van der Waals surface area contributed by atoms with Crippen LogP contribution in [0.15, 0.2) is 23.1 Å². The molecule has 124 valence electrons. The molecule has 22 heavy (non-hydrogen) atoms. The molecule has 8 heteroatoms. The molecule has 2 rings (SSSR count). The first-order valence-electron chi connectivity index (χ1n) is 7.15. The highest BCUT2D eigenvalue weighted by Gasteiger charge is 2.30. The minimum atomic E-state index is -3.59. The van der Waals surface area contributed by atoms with Gasteiger partial charge in [-0.25, -0.2) is 21.1 Å². The van der Waals surface area contributed by atoms with Crippen LogP contribution in [0.2, 0.25) is 0 Å². The van der Waals surface area contributed by atoms with Gasteiger partial charge in [0.05, 0.1) is 11.2 Å². The summed E-state index contributed by atoms with van der Waals surface area (Å²) in [6.07, 6.45) is 1.65. The van der Waals surface area contributed by atoms with Crippen LogP contribution in [0.4, 0.5) is 0 Å². The number of sulfonamides is 2. The maximum absolute atomic E-state index is 12.8. The topological polar surface area (TPSA) is 74.8 Å². The molecule has 1 aromatic carbocycles. The fraction of sp³-hybridized carbons (Fsp3) is 0.571. The largest absolute Gasteiger partial charge is 0.243 e. The second-order valence-electron chi connectivity index (χ2n) is 5.69. The van der Waals surface area contributed by atoms with Crippen molar-refractivity contribution >= 4 is 20.0 Å². The monoisotopic (exact) mass is 346 g/mol. The lowest BCUT2D eigenvalue weighted by Gasteiger charge is -2.21. The highest BCUT2D eigenvalue weighted by Crippen LogP contribution is 2.22. The maximum Gasteiger partial charge on any atom is 0.243 e. The molecule has 6 nitrogen and oxygen atoms in total. The van der Waals surface area contributed by atoms with Crippen LogP contribution in [0, 0.1) is 13.8 Å². The molecule has 0 unspecified atom stereocenters. The molecule has 1 fully saturated rings. The lowest BCUT2D eigenvalue weighted by Crippen LogP contribution is -2.37. The van der Waals surface area contributed by atoms with Gasteiger partial charge in [-0.05, 0) is 31.9 Å². The van der Waals surface area contributed by atoms with Gasteiger partial charge in [-0.15, -0.1) is 0 Å². The number of aryl methyl sites for hydroxylation is 2.